The minimum absolute atomic E-state index is 0. The third-order valence-electron chi connectivity index (χ3n) is 0.652. The summed E-state index contributed by atoms with van der Waals surface area (Å²) in [6, 6.07) is 0. The Labute approximate surface area is 83.8 Å². The largest absolute Gasteiger partial charge is 0.299 e. The molecule has 0 aliphatic carbocycles. The fourth-order valence-corrected chi connectivity index (χ4v) is 0.587. The van der Waals surface area contributed by atoms with Crippen LogP contribution in [0, 0.1) is 26.2 Å². The van der Waals surface area contributed by atoms with Gasteiger partial charge in [0.2, 0.25) is 0 Å². The maximum atomic E-state index is 10.5. The molecule has 0 aliphatic rings. The van der Waals surface area contributed by atoms with E-state index in [1.807, 2.05) is 0 Å². The molecular formula is C7H7BrOZn. The first-order chi connectivity index (χ1) is 3.95. The van der Waals surface area contributed by atoms with Gasteiger partial charge in [-0.1, -0.05) is 15.9 Å². The molecule has 0 atom stereocenters. The molecule has 0 spiro atoms. The van der Waals surface area contributed by atoms with E-state index in [4.69, 9.17) is 20.8 Å². The van der Waals surface area contributed by atoms with Gasteiger partial charge in [-0.3, -0.25) is 4.79 Å². The van der Waals surface area contributed by atoms with Crippen LogP contribution in [0.25, 0.3) is 0 Å². The minimum Gasteiger partial charge on any atom is -0.299 e. The Morgan fingerprint density at radius 3 is 1.90 bits per heavy atom. The van der Waals surface area contributed by atoms with Crippen LogP contribution in [0.2, 0.25) is 0 Å². The minimum atomic E-state index is -1.36. The maximum Gasteiger partial charge on any atom is 0.143 e. The number of rotatable bonds is 3. The zero-order valence-corrected chi connectivity index (χ0v) is 10.2. The molecular weight excluding hydrogens is 245 g/mol. The van der Waals surface area contributed by atoms with Crippen molar-refractivity contribution in [2.45, 2.75) is 6.42 Å². The molecule has 0 aliphatic heterocycles. The maximum absolute atomic E-state index is 10.5. The first kappa shape index (κ1) is 13.4. The van der Waals surface area contributed by atoms with E-state index in [1.165, 1.54) is 0 Å². The summed E-state index contributed by atoms with van der Waals surface area (Å²) in [5.41, 5.74) is -1.36. The van der Waals surface area contributed by atoms with Crippen LogP contribution in [0.5, 0.6) is 0 Å². The van der Waals surface area contributed by atoms with E-state index in [9.17, 15) is 4.79 Å². The molecule has 50 valence electrons. The molecule has 0 unspecified atom stereocenters. The van der Waals surface area contributed by atoms with Crippen LogP contribution < -0.4 is 0 Å². The molecule has 3 heteroatoms. The van der Waals surface area contributed by atoms with E-state index in [-0.39, 0.29) is 37.0 Å². The first-order valence-electron chi connectivity index (χ1n) is 2.40. The molecule has 0 bridgehead atoms. The normalized spacial score (nSPS) is 10.4. The van der Waals surface area contributed by atoms with Crippen molar-refractivity contribution in [1.82, 2.24) is 0 Å². The number of alkyl halides is 1. The summed E-state index contributed by atoms with van der Waals surface area (Å²) in [4.78, 5) is 10.5. The summed E-state index contributed by atoms with van der Waals surface area (Å²) in [7, 11) is 0. The summed E-state index contributed by atoms with van der Waals surface area (Å²) in [5.74, 6) is -0.0949. The second-order valence-electron chi connectivity index (χ2n) is 1.96. The topological polar surface area (TPSA) is 17.1 Å². The van der Waals surface area contributed by atoms with Crippen molar-refractivity contribution < 1.29 is 24.3 Å². The van der Waals surface area contributed by atoms with Gasteiger partial charge >= 0.3 is 0 Å². The van der Waals surface area contributed by atoms with Gasteiger partial charge in [-0.15, -0.1) is 0 Å². The number of hydrogen-bond donors (Lipinski definition) is 0. The molecule has 0 rings (SSSR count). The molecule has 0 saturated carbocycles. The van der Waals surface area contributed by atoms with E-state index in [2.05, 4.69) is 15.9 Å². The number of ketones is 1. The monoisotopic (exact) mass is 250 g/mol. The fraction of sp³-hybridized carbons (Fsp3) is 0.429. The van der Waals surface area contributed by atoms with Crippen molar-refractivity contribution in [2.24, 2.45) is 5.41 Å². The SMILES string of the molecule is [CH]C([CH])([CH])CC(=O)CBr.[Zn]. The van der Waals surface area contributed by atoms with Crippen molar-refractivity contribution in [2.75, 3.05) is 5.33 Å². The van der Waals surface area contributed by atoms with E-state index in [0.717, 1.165) is 0 Å². The average molecular weight is 252 g/mol. The Morgan fingerprint density at radius 2 is 1.80 bits per heavy atom. The number of carbonyl (C=O) groups is 1. The van der Waals surface area contributed by atoms with Gasteiger partial charge in [-0.2, -0.15) is 0 Å². The molecule has 0 aromatic carbocycles. The molecule has 0 fully saturated rings. The Hall–Kier alpha value is 0.773. The van der Waals surface area contributed by atoms with Gasteiger partial charge in [0.1, 0.15) is 5.78 Å². The average Bonchev–Trinajstić information content (AvgIpc) is 1.62. The predicted molar refractivity (Wildman–Crippen MR) is 38.8 cm³/mol. The second-order valence-corrected chi connectivity index (χ2v) is 2.52. The third-order valence-corrected chi connectivity index (χ3v) is 1.28. The van der Waals surface area contributed by atoms with Crippen molar-refractivity contribution in [1.29, 1.82) is 0 Å². The van der Waals surface area contributed by atoms with Gasteiger partial charge in [0, 0.05) is 25.9 Å². The molecule has 0 aromatic rings. The van der Waals surface area contributed by atoms with Crippen LogP contribution in [0.15, 0.2) is 0 Å². The van der Waals surface area contributed by atoms with Gasteiger partial charge in [0.25, 0.3) is 0 Å². The molecule has 0 saturated heterocycles. The van der Waals surface area contributed by atoms with E-state index in [0.29, 0.717) is 0 Å². The van der Waals surface area contributed by atoms with E-state index < -0.39 is 5.41 Å². The van der Waals surface area contributed by atoms with E-state index >= 15 is 0 Å². The van der Waals surface area contributed by atoms with Crippen LogP contribution >= 0.6 is 15.9 Å². The Kier molecular flexibility index (Phi) is 7.26. The fourth-order valence-electron chi connectivity index (χ4n) is 0.389. The standard InChI is InChI=1S/C7H7BrO.Zn/c1-7(2,3)4-6(9)5-8;/h1-3H,4-5H2;. The Balaban J connectivity index is 0. The summed E-state index contributed by atoms with van der Waals surface area (Å²) < 4.78 is 0. The smallest absolute Gasteiger partial charge is 0.143 e. The van der Waals surface area contributed by atoms with Gasteiger partial charge in [-0.05, 0) is 26.2 Å². The van der Waals surface area contributed by atoms with Gasteiger partial charge in [0.15, 0.2) is 0 Å². The zero-order chi connectivity index (χ0) is 7.49. The number of Topliss-reactive ketones (excluding diaryl/α,β-unsaturated/α-hetero) is 1. The summed E-state index contributed by atoms with van der Waals surface area (Å²) in [6.45, 7) is 15.4. The van der Waals surface area contributed by atoms with Gasteiger partial charge < -0.3 is 0 Å². The van der Waals surface area contributed by atoms with Crippen LogP contribution in [-0.4, -0.2) is 11.1 Å². The molecule has 0 amide bonds. The van der Waals surface area contributed by atoms with Crippen molar-refractivity contribution in [3.8, 4) is 0 Å². The van der Waals surface area contributed by atoms with Crippen LogP contribution in [0.4, 0.5) is 0 Å². The quantitative estimate of drug-likeness (QED) is 0.549. The predicted octanol–water partition coefficient (Wildman–Crippen LogP) is 1.46. The summed E-state index contributed by atoms with van der Waals surface area (Å²) in [6.07, 6.45) is -0.00174. The number of hydrogen-bond acceptors (Lipinski definition) is 1. The molecule has 0 N–H and O–H groups in total. The Morgan fingerprint density at radius 1 is 1.40 bits per heavy atom. The first-order valence-corrected chi connectivity index (χ1v) is 3.52. The molecule has 10 heavy (non-hydrogen) atoms. The molecule has 0 aromatic heterocycles. The number of halogens is 1. The third kappa shape index (κ3) is 8.77. The van der Waals surface area contributed by atoms with E-state index in [1.54, 1.807) is 0 Å². The summed E-state index contributed by atoms with van der Waals surface area (Å²) >= 11 is 2.95. The second kappa shape index (κ2) is 5.43. The molecule has 1 nitrogen and oxygen atoms in total. The van der Waals surface area contributed by atoms with Crippen LogP contribution in [-0.2, 0) is 24.3 Å². The van der Waals surface area contributed by atoms with Gasteiger partial charge in [-0.25, -0.2) is 0 Å². The van der Waals surface area contributed by atoms with Crippen LogP contribution in [0.3, 0.4) is 0 Å². The summed E-state index contributed by atoms with van der Waals surface area (Å²) in [5, 5.41) is 0.250. The van der Waals surface area contributed by atoms with Gasteiger partial charge in [0.05, 0.1) is 5.33 Å². The molecule has 6 radical (unpaired) electrons. The molecule has 0 heterocycles. The zero-order valence-electron chi connectivity index (χ0n) is 5.64. The Bertz CT molecular complexity index is 107. The van der Waals surface area contributed by atoms with Crippen molar-refractivity contribution in [3.05, 3.63) is 20.8 Å². The van der Waals surface area contributed by atoms with Crippen molar-refractivity contribution >= 4 is 21.7 Å². The van der Waals surface area contributed by atoms with Crippen molar-refractivity contribution in [3.63, 3.8) is 0 Å². The van der Waals surface area contributed by atoms with Crippen LogP contribution in [0.1, 0.15) is 6.42 Å². The number of carbonyl (C=O) groups excluding carboxylic acids is 1.